The number of carbonyl (C=O) groups excluding carboxylic acids is 1. The van der Waals surface area contributed by atoms with E-state index in [1.807, 2.05) is 0 Å². The number of carbonyl (C=O) groups is 1. The Labute approximate surface area is 128 Å². The van der Waals surface area contributed by atoms with E-state index in [0.29, 0.717) is 0 Å². The molecule has 14 nitrogen and oxygen atoms in total. The zero-order chi connectivity index (χ0) is 18.6. The normalized spacial score (nSPS) is 19.0. The predicted molar refractivity (Wildman–Crippen MR) is 68.5 cm³/mol. The summed E-state index contributed by atoms with van der Waals surface area (Å²) in [4.78, 5) is 63.1. The molecule has 0 amide bonds. The third kappa shape index (κ3) is 10.4. The number of aliphatic hydroxyl groups is 1. The van der Waals surface area contributed by atoms with Gasteiger partial charge in [-0.3, -0.25) is 13.6 Å². The van der Waals surface area contributed by atoms with E-state index in [2.05, 4.69) is 13.6 Å². The zero-order valence-electron chi connectivity index (χ0n) is 11.2. The Morgan fingerprint density at radius 3 is 1.39 bits per heavy atom. The largest absolute Gasteiger partial charge is 0.470 e. The molecule has 0 unspecified atom stereocenters. The lowest BCUT2D eigenvalue weighted by Gasteiger charge is -2.32. The molecule has 0 spiro atoms. The lowest BCUT2D eigenvalue weighted by molar-refractivity contribution is -0.128. The van der Waals surface area contributed by atoms with E-state index in [1.165, 1.54) is 0 Å². The van der Waals surface area contributed by atoms with E-state index in [-0.39, 0.29) is 6.29 Å². The van der Waals surface area contributed by atoms with Gasteiger partial charge in [-0.15, -0.1) is 0 Å². The second kappa shape index (κ2) is 8.37. The molecule has 0 heterocycles. The van der Waals surface area contributed by atoms with Crippen molar-refractivity contribution in [3.8, 4) is 0 Å². The van der Waals surface area contributed by atoms with Gasteiger partial charge in [0.1, 0.15) is 12.2 Å². The molecule has 0 saturated heterocycles. The molecule has 0 aliphatic heterocycles. The Balaban J connectivity index is 5.78. The highest BCUT2D eigenvalue weighted by Crippen LogP contribution is 2.46. The molecule has 17 heteroatoms. The quantitative estimate of drug-likeness (QED) is 0.154. The lowest BCUT2D eigenvalue weighted by Crippen LogP contribution is -2.47. The molecule has 0 aromatic heterocycles. The molecular formula is C6H15O14P3. The smallest absolute Gasteiger partial charge is 0.391 e. The molecule has 23 heavy (non-hydrogen) atoms. The Bertz CT molecular complexity index is 527. The monoisotopic (exact) mass is 404 g/mol. The second-order valence-corrected chi connectivity index (χ2v) is 7.63. The molecule has 0 bridgehead atoms. The Hall–Kier alpha value is -0.0400. The van der Waals surface area contributed by atoms with Gasteiger partial charge in [-0.25, -0.2) is 13.7 Å². The molecule has 0 aliphatic rings. The predicted octanol–water partition coefficient (Wildman–Crippen LogP) is -2.00. The maximum atomic E-state index is 10.9. The first-order valence-electron chi connectivity index (χ1n) is 5.41. The van der Waals surface area contributed by atoms with Crippen LogP contribution in [0.2, 0.25) is 0 Å². The molecule has 138 valence electrons. The average Bonchev–Trinajstić information content (AvgIpc) is 2.26. The highest BCUT2D eigenvalue weighted by Gasteiger charge is 2.44. The van der Waals surface area contributed by atoms with Crippen molar-refractivity contribution in [2.24, 2.45) is 0 Å². The van der Waals surface area contributed by atoms with Crippen LogP contribution in [0.3, 0.4) is 0 Å². The van der Waals surface area contributed by atoms with Crippen molar-refractivity contribution < 1.29 is 66.5 Å². The van der Waals surface area contributed by atoms with Crippen LogP contribution in [-0.4, -0.2) is 65.2 Å². The molecule has 7 N–H and O–H groups in total. The van der Waals surface area contributed by atoms with Crippen molar-refractivity contribution in [1.29, 1.82) is 0 Å². The topological polar surface area (TPSA) is 238 Å². The molecule has 0 aromatic carbocycles. The van der Waals surface area contributed by atoms with Crippen LogP contribution in [0, 0.1) is 0 Å². The van der Waals surface area contributed by atoms with E-state index < -0.39 is 47.9 Å². The molecule has 0 rings (SSSR count). The van der Waals surface area contributed by atoms with Crippen molar-refractivity contribution in [2.45, 2.75) is 31.3 Å². The Kier molecular flexibility index (Phi) is 8.35. The molecule has 0 fully saturated rings. The van der Waals surface area contributed by atoms with Gasteiger partial charge in [-0.2, -0.15) is 0 Å². The molecule has 0 aromatic rings. The van der Waals surface area contributed by atoms with E-state index in [0.717, 1.165) is 6.92 Å². The summed E-state index contributed by atoms with van der Waals surface area (Å²) in [5.74, 6) is 0. The summed E-state index contributed by atoms with van der Waals surface area (Å²) in [5, 5.41) is 9.42. The average molecular weight is 404 g/mol. The SMILES string of the molecule is C[C@H](O)[C@H](OP(=O)(O)O)[C@@H](OP(=O)(O)O)[C@H](C=O)OP(=O)(O)O. The Morgan fingerprint density at radius 1 is 0.783 bits per heavy atom. The van der Waals surface area contributed by atoms with Crippen LogP contribution >= 0.6 is 23.5 Å². The van der Waals surface area contributed by atoms with Crippen LogP contribution in [-0.2, 0) is 32.1 Å². The van der Waals surface area contributed by atoms with Crippen molar-refractivity contribution in [3.63, 3.8) is 0 Å². The van der Waals surface area contributed by atoms with E-state index in [4.69, 9.17) is 29.4 Å². The van der Waals surface area contributed by atoms with Crippen molar-refractivity contribution >= 4 is 29.8 Å². The lowest BCUT2D eigenvalue weighted by atomic mass is 10.1. The van der Waals surface area contributed by atoms with E-state index in [9.17, 15) is 23.6 Å². The van der Waals surface area contributed by atoms with Crippen LogP contribution in [0.1, 0.15) is 6.92 Å². The number of phosphoric acid groups is 3. The van der Waals surface area contributed by atoms with Crippen LogP contribution in [0.5, 0.6) is 0 Å². The third-order valence-corrected chi connectivity index (χ3v) is 3.59. The fourth-order valence-electron chi connectivity index (χ4n) is 1.37. The maximum absolute atomic E-state index is 10.9. The minimum atomic E-state index is -5.45. The van der Waals surface area contributed by atoms with E-state index in [1.54, 1.807) is 0 Å². The van der Waals surface area contributed by atoms with Crippen molar-refractivity contribution in [1.82, 2.24) is 0 Å². The van der Waals surface area contributed by atoms with Gasteiger partial charge >= 0.3 is 23.5 Å². The first-order chi connectivity index (χ1) is 10.1. The number of aldehydes is 1. The minimum Gasteiger partial charge on any atom is -0.391 e. The minimum absolute atomic E-state index is 0.363. The number of phosphoric ester groups is 3. The van der Waals surface area contributed by atoms with Crippen LogP contribution < -0.4 is 0 Å². The van der Waals surface area contributed by atoms with Gasteiger partial charge in [-0.1, -0.05) is 0 Å². The van der Waals surface area contributed by atoms with Crippen LogP contribution in [0.4, 0.5) is 0 Å². The van der Waals surface area contributed by atoms with Crippen LogP contribution in [0.15, 0.2) is 0 Å². The van der Waals surface area contributed by atoms with Gasteiger partial charge in [-0.05, 0) is 6.92 Å². The van der Waals surface area contributed by atoms with Gasteiger partial charge in [0, 0.05) is 0 Å². The van der Waals surface area contributed by atoms with Gasteiger partial charge in [0.15, 0.2) is 12.4 Å². The zero-order valence-corrected chi connectivity index (χ0v) is 13.9. The summed E-state index contributed by atoms with van der Waals surface area (Å²) in [5.41, 5.74) is 0. The van der Waals surface area contributed by atoms with Gasteiger partial charge in [0.05, 0.1) is 6.10 Å². The summed E-state index contributed by atoms with van der Waals surface area (Å²) < 4.78 is 44.5. The summed E-state index contributed by atoms with van der Waals surface area (Å²) in [6, 6.07) is 0. The number of hydrogen-bond acceptors (Lipinski definition) is 8. The summed E-state index contributed by atoms with van der Waals surface area (Å²) >= 11 is 0. The van der Waals surface area contributed by atoms with Gasteiger partial charge in [0.2, 0.25) is 0 Å². The molecule has 0 saturated carbocycles. The number of aliphatic hydroxyl groups excluding tert-OH is 1. The first kappa shape index (κ1) is 23.0. The number of rotatable bonds is 10. The van der Waals surface area contributed by atoms with Gasteiger partial charge in [0.25, 0.3) is 0 Å². The maximum Gasteiger partial charge on any atom is 0.470 e. The highest BCUT2D eigenvalue weighted by molar-refractivity contribution is 7.47. The van der Waals surface area contributed by atoms with Crippen molar-refractivity contribution in [2.75, 3.05) is 0 Å². The molecule has 0 aliphatic carbocycles. The van der Waals surface area contributed by atoms with Crippen LogP contribution in [0.25, 0.3) is 0 Å². The fraction of sp³-hybridized carbons (Fsp3) is 0.833. The van der Waals surface area contributed by atoms with Crippen molar-refractivity contribution in [3.05, 3.63) is 0 Å². The summed E-state index contributed by atoms with van der Waals surface area (Å²) in [6.45, 7) is 0.843. The standard InChI is InChI=1S/C6H15O14P3/c1-3(8)5(19-22(12,13)14)6(20-23(15,16)17)4(2-7)18-21(9,10)11/h2-6,8H,1H3,(H2,9,10,11)(H2,12,13,14)(H2,15,16,17)/t3-,4-,5-,6-/m0/s1. The number of hydrogen-bond donors (Lipinski definition) is 7. The Morgan fingerprint density at radius 2 is 1.13 bits per heavy atom. The molecule has 4 atom stereocenters. The second-order valence-electron chi connectivity index (χ2n) is 4.06. The van der Waals surface area contributed by atoms with E-state index >= 15 is 0 Å². The highest BCUT2D eigenvalue weighted by atomic mass is 31.2. The molecular weight excluding hydrogens is 389 g/mol. The molecule has 0 radical (unpaired) electrons. The summed E-state index contributed by atoms with van der Waals surface area (Å²) in [6.07, 6.45) is -9.45. The third-order valence-electron chi connectivity index (χ3n) is 2.03. The summed E-state index contributed by atoms with van der Waals surface area (Å²) in [7, 11) is -16.2. The first-order valence-corrected chi connectivity index (χ1v) is 10.00. The van der Waals surface area contributed by atoms with Gasteiger partial charge < -0.3 is 39.3 Å². The fourth-order valence-corrected chi connectivity index (χ4v) is 3.02.